The van der Waals surface area contributed by atoms with E-state index >= 15 is 0 Å². The van der Waals surface area contributed by atoms with Gasteiger partial charge in [0.1, 0.15) is 20.4 Å². The van der Waals surface area contributed by atoms with Crippen molar-refractivity contribution in [2.45, 2.75) is 19.6 Å². The topological polar surface area (TPSA) is 345 Å². The van der Waals surface area contributed by atoms with Gasteiger partial charge < -0.3 is 16.6 Å². The summed E-state index contributed by atoms with van der Waals surface area (Å²) in [4.78, 5) is 19.2. The quantitative estimate of drug-likeness (QED) is 0.0968. The molecule has 0 atom stereocenters. The Balaban J connectivity index is 0.000000238. The molecule has 10 N–H and O–H groups in total. The molecule has 23 heteroatoms. The zero-order valence-electron chi connectivity index (χ0n) is 20.7. The summed E-state index contributed by atoms with van der Waals surface area (Å²) in [5, 5.41) is 10.4. The number of carbonyl (C=O) groups is 1. The average Bonchev–Trinajstić information content (AvgIpc) is 3.22. The van der Waals surface area contributed by atoms with Crippen LogP contribution in [0.2, 0.25) is 0 Å². The fourth-order valence-electron chi connectivity index (χ4n) is 3.54. The summed E-state index contributed by atoms with van der Waals surface area (Å²) in [6.45, 7) is 0. The predicted molar refractivity (Wildman–Crippen MR) is 145 cm³/mol. The summed E-state index contributed by atoms with van der Waals surface area (Å²) in [6.07, 6.45) is 0. The van der Waals surface area contributed by atoms with E-state index in [1.54, 1.807) is 0 Å². The second-order valence-corrected chi connectivity index (χ2v) is 13.9. The standard InChI is InChI=1S/C10H9N3O6S.C10H9NO9S3/c11-5-1-2-7(8(3-5)20(17,18)19)13-9(14)4-6(12-13)10(15)16;11-8-4-7-5(2-10(8)23(18,19)20)1-6(21(12,13)14)3-9(7)22(15,16)17/h1-4,12H,11H2,(H,15,16)(H,17,18,19);1-4H,11H2,(H,12,13,14)(H,15,16,17)(H,18,19,20). The van der Waals surface area contributed by atoms with Crippen molar-refractivity contribution in [2.24, 2.45) is 0 Å². The molecule has 0 unspecified atom stereocenters. The van der Waals surface area contributed by atoms with Crippen molar-refractivity contribution in [3.63, 3.8) is 0 Å². The normalized spacial score (nSPS) is 12.5. The van der Waals surface area contributed by atoms with Gasteiger partial charge in [0.2, 0.25) is 0 Å². The van der Waals surface area contributed by atoms with Gasteiger partial charge in [0, 0.05) is 17.1 Å². The molecular weight excluding hydrogens is 665 g/mol. The Morgan fingerprint density at radius 3 is 1.72 bits per heavy atom. The number of H-pyrrole nitrogens is 1. The minimum absolute atomic E-state index is 0.0550. The van der Waals surface area contributed by atoms with Gasteiger partial charge >= 0.3 is 5.97 Å². The number of aromatic amines is 1. The largest absolute Gasteiger partial charge is 0.477 e. The van der Waals surface area contributed by atoms with E-state index in [1.807, 2.05) is 0 Å². The number of hydrogen-bond acceptors (Lipinski definition) is 12. The van der Waals surface area contributed by atoms with Crippen molar-refractivity contribution in [3.05, 3.63) is 64.6 Å². The molecule has 0 aliphatic rings. The van der Waals surface area contributed by atoms with Crippen molar-refractivity contribution in [3.8, 4) is 5.69 Å². The third-order valence-electron chi connectivity index (χ3n) is 5.33. The maximum Gasteiger partial charge on any atom is 0.353 e. The Hall–Kier alpha value is -4.36. The number of anilines is 2. The molecule has 0 saturated carbocycles. The van der Waals surface area contributed by atoms with Crippen molar-refractivity contribution < 1.29 is 61.8 Å². The van der Waals surface area contributed by atoms with E-state index in [9.17, 15) is 47.8 Å². The Morgan fingerprint density at radius 1 is 0.698 bits per heavy atom. The lowest BCUT2D eigenvalue weighted by atomic mass is 10.1. The van der Waals surface area contributed by atoms with Gasteiger partial charge in [-0.2, -0.15) is 33.7 Å². The molecule has 0 saturated heterocycles. The van der Waals surface area contributed by atoms with Crippen molar-refractivity contribution >= 4 is 68.6 Å². The molecule has 3 aromatic carbocycles. The minimum atomic E-state index is -4.92. The highest BCUT2D eigenvalue weighted by Gasteiger charge is 2.24. The SMILES string of the molecule is Nc1cc2c(S(=O)(=O)O)cc(S(=O)(=O)O)cc2cc1S(=O)(=O)O.Nc1ccc(-n2[nH]c(C(=O)O)cc2=O)c(S(=O)(=O)O)c1. The minimum Gasteiger partial charge on any atom is -0.477 e. The van der Waals surface area contributed by atoms with E-state index in [1.165, 1.54) is 12.1 Å². The fourth-order valence-corrected chi connectivity index (χ4v) is 6.23. The van der Waals surface area contributed by atoms with Crippen LogP contribution in [0.15, 0.2) is 72.9 Å². The number of nitrogen functional groups attached to an aromatic ring is 2. The van der Waals surface area contributed by atoms with Crippen LogP contribution in [0.25, 0.3) is 16.5 Å². The second kappa shape index (κ2) is 11.0. The molecule has 1 heterocycles. The van der Waals surface area contributed by atoms with E-state index in [-0.39, 0.29) is 22.1 Å². The van der Waals surface area contributed by atoms with Gasteiger partial charge in [0.05, 0.1) is 16.3 Å². The number of rotatable bonds is 6. The third kappa shape index (κ3) is 7.35. The van der Waals surface area contributed by atoms with Gasteiger partial charge in [0.25, 0.3) is 46.0 Å². The van der Waals surface area contributed by atoms with Gasteiger partial charge in [-0.15, -0.1) is 0 Å². The smallest absolute Gasteiger partial charge is 0.353 e. The predicted octanol–water partition coefficient (Wildman–Crippen LogP) is -0.145. The highest BCUT2D eigenvalue weighted by Crippen LogP contribution is 2.32. The number of benzene rings is 3. The number of carboxylic acid groups (broad SMARTS) is 1. The summed E-state index contributed by atoms with van der Waals surface area (Å²) in [5.41, 5.74) is 8.93. The first kappa shape index (κ1) is 33.1. The lowest BCUT2D eigenvalue weighted by Gasteiger charge is -2.10. The lowest BCUT2D eigenvalue weighted by molar-refractivity contribution is 0.0689. The number of nitrogens with one attached hydrogen (secondary N) is 1. The maximum atomic E-state index is 11.7. The van der Waals surface area contributed by atoms with Crippen LogP contribution in [0.4, 0.5) is 11.4 Å². The van der Waals surface area contributed by atoms with Crippen molar-refractivity contribution in [1.29, 1.82) is 0 Å². The molecule has 0 spiro atoms. The average molecular weight is 683 g/mol. The number of hydrogen-bond donors (Lipinski definition) is 8. The van der Waals surface area contributed by atoms with Gasteiger partial charge in [-0.25, -0.2) is 9.48 Å². The van der Waals surface area contributed by atoms with Gasteiger partial charge in [-0.1, -0.05) is 0 Å². The van der Waals surface area contributed by atoms with Crippen LogP contribution in [-0.2, 0) is 40.5 Å². The van der Waals surface area contributed by atoms with Gasteiger partial charge in [0.15, 0.2) is 0 Å². The number of nitrogens with two attached hydrogens (primary N) is 2. The highest BCUT2D eigenvalue weighted by molar-refractivity contribution is 7.87. The van der Waals surface area contributed by atoms with Crippen LogP contribution in [-0.4, -0.2) is 72.7 Å². The molecule has 19 nitrogen and oxygen atoms in total. The number of fused-ring (bicyclic) bond motifs is 1. The molecule has 232 valence electrons. The first-order chi connectivity index (χ1) is 19.4. The third-order valence-corrected chi connectivity index (χ3v) is 8.84. The molecule has 4 rings (SSSR count). The van der Waals surface area contributed by atoms with Gasteiger partial charge in [-0.05, 0) is 47.9 Å². The van der Waals surface area contributed by atoms with Crippen LogP contribution in [0.5, 0.6) is 0 Å². The first-order valence-corrected chi connectivity index (χ1v) is 16.4. The first-order valence-electron chi connectivity index (χ1n) is 10.6. The van der Waals surface area contributed by atoms with Crippen molar-refractivity contribution in [2.75, 3.05) is 11.5 Å². The molecule has 0 bridgehead atoms. The summed E-state index contributed by atoms with van der Waals surface area (Å²) in [7, 11) is -19.2. The second-order valence-electron chi connectivity index (χ2n) is 8.31. The van der Waals surface area contributed by atoms with E-state index in [2.05, 4.69) is 5.10 Å². The fraction of sp³-hybridized carbons (Fsp3) is 0. The van der Waals surface area contributed by atoms with E-state index < -0.39 is 83.0 Å². The zero-order valence-corrected chi connectivity index (χ0v) is 23.9. The molecular formula is C20H18N4O15S4. The van der Waals surface area contributed by atoms with Crippen LogP contribution in [0, 0.1) is 0 Å². The lowest BCUT2D eigenvalue weighted by Crippen LogP contribution is -2.17. The molecule has 43 heavy (non-hydrogen) atoms. The van der Waals surface area contributed by atoms with Crippen LogP contribution in [0.3, 0.4) is 0 Å². The van der Waals surface area contributed by atoms with Crippen LogP contribution >= 0.6 is 0 Å². The number of aromatic carboxylic acids is 1. The molecule has 4 aromatic rings. The van der Waals surface area contributed by atoms with Crippen LogP contribution in [0.1, 0.15) is 10.5 Å². The highest BCUT2D eigenvalue weighted by atomic mass is 32.2. The van der Waals surface area contributed by atoms with Crippen LogP contribution < -0.4 is 17.0 Å². The summed E-state index contributed by atoms with van der Waals surface area (Å²) >= 11 is 0. The van der Waals surface area contributed by atoms with Gasteiger partial charge in [-0.3, -0.25) is 28.1 Å². The molecule has 0 aliphatic carbocycles. The molecule has 0 fully saturated rings. The summed E-state index contributed by atoms with van der Waals surface area (Å²) in [6, 6.07) is 7.00. The number of aromatic nitrogens is 2. The Bertz CT molecular complexity index is 2310. The Kier molecular flexibility index (Phi) is 8.51. The Labute approximate surface area is 241 Å². The maximum absolute atomic E-state index is 11.7. The Morgan fingerprint density at radius 2 is 1.26 bits per heavy atom. The molecule has 0 aliphatic heterocycles. The zero-order chi connectivity index (χ0) is 32.9. The summed E-state index contributed by atoms with van der Waals surface area (Å²) < 4.78 is 127. The molecule has 0 amide bonds. The van der Waals surface area contributed by atoms with E-state index in [0.29, 0.717) is 16.8 Å². The number of nitrogens with zero attached hydrogens (tertiary/aromatic N) is 1. The van der Waals surface area contributed by atoms with E-state index in [0.717, 1.165) is 24.3 Å². The monoisotopic (exact) mass is 682 g/mol. The van der Waals surface area contributed by atoms with E-state index in [4.69, 9.17) is 30.2 Å². The summed E-state index contributed by atoms with van der Waals surface area (Å²) in [5.74, 6) is -1.38. The van der Waals surface area contributed by atoms with Crippen molar-refractivity contribution in [1.82, 2.24) is 9.78 Å². The number of carboxylic acids is 1. The molecule has 0 radical (unpaired) electrons. The molecule has 1 aromatic heterocycles.